The van der Waals surface area contributed by atoms with E-state index in [1.165, 1.54) is 75.8 Å². The molecule has 0 fully saturated rings. The molecule has 0 amide bonds. The maximum atomic E-state index is 6.80. The van der Waals surface area contributed by atoms with Crippen LogP contribution in [0.4, 0.5) is 17.1 Å². The molecule has 1 aliphatic carbocycles. The summed E-state index contributed by atoms with van der Waals surface area (Å²) >= 11 is 1.90. The number of hydrogen-bond donors (Lipinski definition) is 0. The van der Waals surface area contributed by atoms with E-state index in [9.17, 15) is 0 Å². The second kappa shape index (κ2) is 13.6. The van der Waals surface area contributed by atoms with Crippen LogP contribution in [0.2, 0.25) is 0 Å². The molecule has 0 saturated heterocycles. The lowest BCUT2D eigenvalue weighted by Gasteiger charge is -2.40. The molecule has 2 nitrogen and oxygen atoms in total. The summed E-state index contributed by atoms with van der Waals surface area (Å²) in [7, 11) is 0. The molecule has 0 N–H and O–H groups in total. The predicted molar refractivity (Wildman–Crippen MR) is 268 cm³/mol. The average Bonchev–Trinajstić information content (AvgIpc) is 3.89. The monoisotopic (exact) mass is 831 g/mol. The van der Waals surface area contributed by atoms with E-state index >= 15 is 0 Å². The number of rotatable bonds is 4. The Bertz CT molecular complexity index is 3850. The van der Waals surface area contributed by atoms with Gasteiger partial charge in [-0.25, -0.2) is 0 Å². The maximum Gasteiger partial charge on any atom is 0.145 e. The summed E-state index contributed by atoms with van der Waals surface area (Å²) in [4.78, 5) is 5.06. The first-order valence-corrected chi connectivity index (χ1v) is 22.8. The fourth-order valence-corrected chi connectivity index (χ4v) is 12.6. The van der Waals surface area contributed by atoms with Crippen molar-refractivity contribution in [3.63, 3.8) is 0 Å². The summed E-state index contributed by atoms with van der Waals surface area (Å²) in [6.07, 6.45) is 0. The van der Waals surface area contributed by atoms with Crippen LogP contribution < -0.4 is 4.90 Å². The Morgan fingerprint density at radius 1 is 0.391 bits per heavy atom. The zero-order chi connectivity index (χ0) is 41.9. The van der Waals surface area contributed by atoms with Gasteiger partial charge in [0.1, 0.15) is 11.2 Å². The van der Waals surface area contributed by atoms with Gasteiger partial charge in [-0.15, -0.1) is 0 Å². The predicted octanol–water partition coefficient (Wildman–Crippen LogP) is 17.0. The molecule has 3 heteroatoms. The number of benzene rings is 11. The average molecular weight is 832 g/mol. The lowest BCUT2D eigenvalue weighted by molar-refractivity contribution is 0.672. The van der Waals surface area contributed by atoms with Gasteiger partial charge in [0.05, 0.1) is 16.8 Å². The van der Waals surface area contributed by atoms with Crippen LogP contribution in [0.15, 0.2) is 239 Å². The molecule has 0 unspecified atom stereocenters. The highest BCUT2D eigenvalue weighted by Gasteiger charge is 2.50. The smallest absolute Gasteiger partial charge is 0.145 e. The van der Waals surface area contributed by atoms with Crippen LogP contribution in [0.25, 0.3) is 76.5 Å². The van der Waals surface area contributed by atoms with E-state index < -0.39 is 5.41 Å². The van der Waals surface area contributed by atoms with E-state index in [0.29, 0.717) is 0 Å². The first-order chi connectivity index (χ1) is 31.8. The number of hydrogen-bond acceptors (Lipinski definition) is 3. The topological polar surface area (TPSA) is 16.4 Å². The quantitative estimate of drug-likeness (QED) is 0.164. The van der Waals surface area contributed by atoms with Crippen molar-refractivity contribution in [3.8, 4) is 22.3 Å². The molecule has 0 atom stereocenters. The van der Waals surface area contributed by atoms with Crippen molar-refractivity contribution in [3.05, 3.63) is 247 Å². The molecule has 2 aliphatic rings. The van der Waals surface area contributed by atoms with E-state index in [1.807, 2.05) is 11.8 Å². The summed E-state index contributed by atoms with van der Waals surface area (Å²) in [5.74, 6) is 0. The number of para-hydroxylation sites is 1. The van der Waals surface area contributed by atoms with Crippen molar-refractivity contribution < 1.29 is 4.42 Å². The van der Waals surface area contributed by atoms with Crippen LogP contribution in [0.5, 0.6) is 0 Å². The first-order valence-electron chi connectivity index (χ1n) is 22.0. The first kappa shape index (κ1) is 35.7. The minimum absolute atomic E-state index is 0.426. The van der Waals surface area contributed by atoms with Crippen molar-refractivity contribution in [2.24, 2.45) is 0 Å². The molecule has 298 valence electrons. The normalized spacial score (nSPS) is 13.4. The molecular formula is C61H37NOS. The molecule has 12 aromatic rings. The maximum absolute atomic E-state index is 6.80. The van der Waals surface area contributed by atoms with Crippen molar-refractivity contribution in [1.29, 1.82) is 0 Å². The molecule has 14 rings (SSSR count). The molecule has 2 heterocycles. The Morgan fingerprint density at radius 3 is 1.81 bits per heavy atom. The molecule has 11 aromatic carbocycles. The highest BCUT2D eigenvalue weighted by atomic mass is 32.2. The third-order valence-corrected chi connectivity index (χ3v) is 15.1. The van der Waals surface area contributed by atoms with Gasteiger partial charge in [-0.2, -0.15) is 0 Å². The largest absolute Gasteiger partial charge is 0.455 e. The summed E-state index contributed by atoms with van der Waals surface area (Å²) in [5, 5.41) is 9.32. The summed E-state index contributed by atoms with van der Waals surface area (Å²) in [6.45, 7) is 0. The number of anilines is 3. The van der Waals surface area contributed by atoms with E-state index in [0.717, 1.165) is 49.8 Å². The second-order valence-corrected chi connectivity index (χ2v) is 18.1. The van der Waals surface area contributed by atoms with Crippen molar-refractivity contribution in [2.45, 2.75) is 15.2 Å². The van der Waals surface area contributed by atoms with Crippen LogP contribution in [-0.2, 0) is 5.41 Å². The van der Waals surface area contributed by atoms with Crippen LogP contribution in [0.1, 0.15) is 22.3 Å². The van der Waals surface area contributed by atoms with Gasteiger partial charge in [0.15, 0.2) is 0 Å². The minimum atomic E-state index is -0.426. The molecule has 64 heavy (non-hydrogen) atoms. The zero-order valence-electron chi connectivity index (χ0n) is 34.6. The van der Waals surface area contributed by atoms with Crippen molar-refractivity contribution >= 4 is 83.1 Å². The van der Waals surface area contributed by atoms with Crippen LogP contribution in [-0.4, -0.2) is 0 Å². The van der Waals surface area contributed by atoms with Gasteiger partial charge in [-0.1, -0.05) is 194 Å². The fraction of sp³-hybridized carbons (Fsp3) is 0.0164. The second-order valence-electron chi connectivity index (χ2n) is 17.1. The molecule has 0 saturated carbocycles. The van der Waals surface area contributed by atoms with E-state index in [2.05, 4.69) is 229 Å². The highest BCUT2D eigenvalue weighted by molar-refractivity contribution is 7.99. The van der Waals surface area contributed by atoms with E-state index in [4.69, 9.17) is 4.42 Å². The van der Waals surface area contributed by atoms with E-state index in [1.54, 1.807) is 0 Å². The molecule has 1 aromatic heterocycles. The number of nitrogens with zero attached hydrogens (tertiary/aromatic N) is 1. The lowest BCUT2D eigenvalue weighted by Crippen LogP contribution is -2.32. The van der Waals surface area contributed by atoms with Gasteiger partial charge < -0.3 is 9.32 Å². The third kappa shape index (κ3) is 4.87. The standard InChI is InChI=1S/C61H37NOS/c1-2-17-42-40(15-1)37-55(47-21-4-3-18-44(42)47)62(54-28-13-16-39-33-36-49-48-22-7-11-29-56(48)63-59(49)58(39)54)41-34-31-38(32-35-41)43-23-14-27-53-60(43)64-57-30-12-10-26-52(57)61(53)50-24-8-5-19-45(50)46-20-6-9-25-51(46)61/h1-37H. The van der Waals surface area contributed by atoms with Crippen molar-refractivity contribution in [2.75, 3.05) is 4.90 Å². The summed E-state index contributed by atoms with van der Waals surface area (Å²) < 4.78 is 6.80. The van der Waals surface area contributed by atoms with Gasteiger partial charge in [-0.3, -0.25) is 0 Å². The molecule has 1 aliphatic heterocycles. The van der Waals surface area contributed by atoms with Crippen LogP contribution in [0.3, 0.4) is 0 Å². The lowest BCUT2D eigenvalue weighted by atomic mass is 9.67. The highest BCUT2D eigenvalue weighted by Crippen LogP contribution is 2.63. The number of fused-ring (bicyclic) bond motifs is 17. The molecule has 0 radical (unpaired) electrons. The van der Waals surface area contributed by atoms with Gasteiger partial charge in [-0.05, 0) is 109 Å². The third-order valence-electron chi connectivity index (χ3n) is 13.9. The van der Waals surface area contributed by atoms with Crippen LogP contribution >= 0.6 is 11.8 Å². The van der Waals surface area contributed by atoms with Gasteiger partial charge >= 0.3 is 0 Å². The zero-order valence-corrected chi connectivity index (χ0v) is 35.4. The Balaban J connectivity index is 1.00. The fourth-order valence-electron chi connectivity index (χ4n) is 11.2. The Labute approximate surface area is 374 Å². The minimum Gasteiger partial charge on any atom is -0.455 e. The SMILES string of the molecule is c1ccc2c(c1)Sc1c(-c3ccc(N(c4cc5ccccc5c5ccccc45)c4cccc5ccc6c7ccccc7oc6c45)cc3)cccc1C21c2ccccc2-c2ccccc21. The van der Waals surface area contributed by atoms with Gasteiger partial charge in [0.25, 0.3) is 0 Å². The van der Waals surface area contributed by atoms with E-state index in [-0.39, 0.29) is 0 Å². The molecular weight excluding hydrogens is 795 g/mol. The molecule has 1 spiro atoms. The van der Waals surface area contributed by atoms with Gasteiger partial charge in [0.2, 0.25) is 0 Å². The Kier molecular flexibility index (Phi) is 7.57. The van der Waals surface area contributed by atoms with Crippen molar-refractivity contribution in [1.82, 2.24) is 0 Å². The Hall–Kier alpha value is -7.85. The number of furan rings is 1. The summed E-state index contributed by atoms with van der Waals surface area (Å²) in [5.41, 5.74) is 15.1. The summed E-state index contributed by atoms with van der Waals surface area (Å²) in [6, 6.07) is 82.8. The Morgan fingerprint density at radius 2 is 1.00 bits per heavy atom. The van der Waals surface area contributed by atoms with Crippen LogP contribution in [0, 0.1) is 0 Å². The molecule has 0 bridgehead atoms. The van der Waals surface area contributed by atoms with Gasteiger partial charge in [0, 0.05) is 37.0 Å².